The lowest BCUT2D eigenvalue weighted by atomic mass is 9.84. The van der Waals surface area contributed by atoms with Crippen LogP contribution in [0.4, 0.5) is 0 Å². The van der Waals surface area contributed by atoms with E-state index in [4.69, 9.17) is 0 Å². The van der Waals surface area contributed by atoms with Crippen LogP contribution in [0.3, 0.4) is 0 Å². The Balaban J connectivity index is -0.0000000630. The Morgan fingerprint density at radius 1 is 0.419 bits per heavy atom. The molecule has 0 amide bonds. The number of hydrogen-bond acceptors (Lipinski definition) is 0. The average Bonchev–Trinajstić information content (AvgIpc) is 2.55. The van der Waals surface area contributed by atoms with E-state index in [0.29, 0.717) is 10.8 Å². The SMILES string of the molecule is C.CC(C)C(C)(C)C.CC(C)C(C)(C)C.CC(C)C(C)C.CCC(C)C.CCC(C)C. The Kier molecular flexibility index (Phi) is 35.5. The van der Waals surface area contributed by atoms with Crippen LogP contribution < -0.4 is 0 Å². The van der Waals surface area contributed by atoms with Crippen molar-refractivity contribution in [2.75, 3.05) is 0 Å². The van der Waals surface area contributed by atoms with Crippen molar-refractivity contribution in [3.8, 4) is 0 Å². The normalized spacial score (nSPS) is 11.0. The fraction of sp³-hybridized carbons (Fsp3) is 1.00. The summed E-state index contributed by atoms with van der Waals surface area (Å²) >= 11 is 0. The van der Waals surface area contributed by atoms with Gasteiger partial charge in [-0.3, -0.25) is 0 Å². The summed E-state index contributed by atoms with van der Waals surface area (Å²) in [6, 6.07) is 0. The van der Waals surface area contributed by atoms with E-state index in [2.05, 4.69) is 138 Å². The number of rotatable bonds is 3. The third-order valence-corrected chi connectivity index (χ3v) is 6.43. The van der Waals surface area contributed by atoms with Gasteiger partial charge in [0.05, 0.1) is 0 Å². The van der Waals surface area contributed by atoms with Crippen LogP contribution in [0.25, 0.3) is 0 Å². The maximum absolute atomic E-state index is 2.26. The third kappa shape index (κ3) is 58.8. The summed E-state index contributed by atoms with van der Waals surface area (Å²) in [4.78, 5) is 0. The second-order valence-electron chi connectivity index (χ2n) is 13.1. The van der Waals surface area contributed by atoms with Crippen LogP contribution in [0.15, 0.2) is 0 Å². The summed E-state index contributed by atoms with van der Waals surface area (Å²) in [5.74, 6) is 5.07. The molecule has 0 fully saturated rings. The second kappa shape index (κ2) is 24.6. The molecule has 0 aromatic carbocycles. The first-order valence-electron chi connectivity index (χ1n) is 13.1. The van der Waals surface area contributed by atoms with Gasteiger partial charge in [0.25, 0.3) is 0 Å². The predicted molar refractivity (Wildman–Crippen MR) is 155 cm³/mol. The molecular weight excluding hydrogens is 372 g/mol. The van der Waals surface area contributed by atoms with E-state index in [0.717, 1.165) is 35.5 Å². The summed E-state index contributed by atoms with van der Waals surface area (Å²) in [6.07, 6.45) is 2.61. The van der Waals surface area contributed by atoms with Crippen LogP contribution in [-0.2, 0) is 0 Å². The van der Waals surface area contributed by atoms with Crippen LogP contribution in [0.2, 0.25) is 0 Å². The lowest BCUT2D eigenvalue weighted by Gasteiger charge is -2.22. The highest BCUT2D eigenvalue weighted by Crippen LogP contribution is 2.24. The van der Waals surface area contributed by atoms with E-state index in [1.807, 2.05) is 0 Å². The van der Waals surface area contributed by atoms with Gasteiger partial charge < -0.3 is 0 Å². The van der Waals surface area contributed by atoms with Gasteiger partial charge in [0.15, 0.2) is 0 Å². The minimum absolute atomic E-state index is 0. The van der Waals surface area contributed by atoms with Crippen LogP contribution in [0.1, 0.15) is 159 Å². The largest absolute Gasteiger partial charge is 0.0776 e. The van der Waals surface area contributed by atoms with Gasteiger partial charge in [-0.2, -0.15) is 0 Å². The summed E-state index contributed by atoms with van der Waals surface area (Å²) in [5.41, 5.74) is 1.00. The van der Waals surface area contributed by atoms with E-state index in [9.17, 15) is 0 Å². The quantitative estimate of drug-likeness (QED) is 0.404. The molecule has 0 rings (SSSR count). The monoisotopic (exact) mass is 447 g/mol. The maximum Gasteiger partial charge on any atom is -0.0360 e. The topological polar surface area (TPSA) is 0 Å². The third-order valence-electron chi connectivity index (χ3n) is 6.43. The first kappa shape index (κ1) is 44.6. The van der Waals surface area contributed by atoms with Crippen LogP contribution in [-0.4, -0.2) is 0 Å². The Labute approximate surface area is 205 Å². The molecule has 0 radical (unpaired) electrons. The van der Waals surface area contributed by atoms with Gasteiger partial charge in [-0.1, -0.05) is 159 Å². The zero-order chi connectivity index (χ0) is 25.9. The standard InChI is InChI=1S/2C7H16.C6H14.2C5H12.CH4/c2*1-6(2)7(3,4)5;1-5(2)6(3)4;2*1-4-5(2)3;/h2*6H,1-5H3;5-6H,1-4H3;2*5H,4H2,1-3H3;1H4. The van der Waals surface area contributed by atoms with E-state index in [1.54, 1.807) is 0 Å². The Morgan fingerprint density at radius 3 is 0.516 bits per heavy atom. The van der Waals surface area contributed by atoms with Crippen molar-refractivity contribution in [3.63, 3.8) is 0 Å². The van der Waals surface area contributed by atoms with Gasteiger partial charge in [-0.15, -0.1) is 0 Å². The Bertz CT molecular complexity index is 257. The average molecular weight is 447 g/mol. The van der Waals surface area contributed by atoms with Gasteiger partial charge in [-0.05, 0) is 46.3 Å². The first-order chi connectivity index (χ1) is 13.1. The highest BCUT2D eigenvalue weighted by Gasteiger charge is 2.14. The predicted octanol–water partition coefficient (Wildman–Crippen LogP) is 12.4. The fourth-order valence-electron chi connectivity index (χ4n) is 0. The van der Waals surface area contributed by atoms with Crippen LogP contribution in [0.5, 0.6) is 0 Å². The second-order valence-corrected chi connectivity index (χ2v) is 13.1. The van der Waals surface area contributed by atoms with Crippen molar-refractivity contribution in [1.82, 2.24) is 0 Å². The minimum Gasteiger partial charge on any atom is -0.0776 e. The lowest BCUT2D eigenvalue weighted by molar-refractivity contribution is 0.283. The molecule has 0 aliphatic carbocycles. The van der Waals surface area contributed by atoms with Gasteiger partial charge in [0.2, 0.25) is 0 Å². The van der Waals surface area contributed by atoms with Crippen molar-refractivity contribution in [1.29, 1.82) is 0 Å². The van der Waals surface area contributed by atoms with E-state index in [-0.39, 0.29) is 7.43 Å². The minimum atomic E-state index is 0. The van der Waals surface area contributed by atoms with Crippen molar-refractivity contribution in [2.24, 2.45) is 46.3 Å². The highest BCUT2D eigenvalue weighted by molar-refractivity contribution is 4.64. The van der Waals surface area contributed by atoms with Crippen LogP contribution >= 0.6 is 0 Å². The maximum atomic E-state index is 2.26. The summed E-state index contributed by atoms with van der Waals surface area (Å²) in [6.45, 7) is 44.8. The lowest BCUT2D eigenvalue weighted by Crippen LogP contribution is -2.12. The molecule has 0 heteroatoms. The summed E-state index contributed by atoms with van der Waals surface area (Å²) in [7, 11) is 0. The molecule has 0 aromatic heterocycles. The van der Waals surface area contributed by atoms with Gasteiger partial charge in [-0.25, -0.2) is 0 Å². The van der Waals surface area contributed by atoms with Crippen molar-refractivity contribution >= 4 is 0 Å². The molecular formula is C31H74. The molecule has 0 saturated heterocycles. The van der Waals surface area contributed by atoms with E-state index >= 15 is 0 Å². The summed E-state index contributed by atoms with van der Waals surface area (Å²) in [5, 5.41) is 0. The Morgan fingerprint density at radius 2 is 0.516 bits per heavy atom. The molecule has 31 heavy (non-hydrogen) atoms. The summed E-state index contributed by atoms with van der Waals surface area (Å²) < 4.78 is 0. The van der Waals surface area contributed by atoms with Crippen molar-refractivity contribution < 1.29 is 0 Å². The van der Waals surface area contributed by atoms with Gasteiger partial charge >= 0.3 is 0 Å². The van der Waals surface area contributed by atoms with Crippen molar-refractivity contribution in [2.45, 2.75) is 159 Å². The first-order valence-corrected chi connectivity index (χ1v) is 13.1. The molecule has 0 aliphatic heterocycles. The van der Waals surface area contributed by atoms with Crippen LogP contribution in [0, 0.1) is 46.3 Å². The zero-order valence-corrected chi connectivity index (χ0v) is 25.9. The molecule has 0 atom stereocenters. The molecule has 0 nitrogen and oxygen atoms in total. The van der Waals surface area contributed by atoms with E-state index < -0.39 is 0 Å². The van der Waals surface area contributed by atoms with Gasteiger partial charge in [0, 0.05) is 0 Å². The van der Waals surface area contributed by atoms with Gasteiger partial charge in [0.1, 0.15) is 0 Å². The molecule has 0 bridgehead atoms. The molecule has 0 aliphatic rings. The molecule has 0 N–H and O–H groups in total. The fourth-order valence-corrected chi connectivity index (χ4v) is 0. The molecule has 0 spiro atoms. The molecule has 0 heterocycles. The van der Waals surface area contributed by atoms with E-state index in [1.165, 1.54) is 12.8 Å². The van der Waals surface area contributed by atoms with Crippen molar-refractivity contribution in [3.05, 3.63) is 0 Å². The molecule has 0 saturated carbocycles. The Hall–Kier alpha value is 0. The molecule has 198 valence electrons. The number of hydrogen-bond donors (Lipinski definition) is 0. The zero-order valence-electron chi connectivity index (χ0n) is 25.9. The molecule has 0 aromatic rings. The smallest absolute Gasteiger partial charge is 0.0360 e. The highest BCUT2D eigenvalue weighted by atomic mass is 14.2. The molecule has 0 unspecified atom stereocenters.